The third-order valence-electron chi connectivity index (χ3n) is 2.04. The molecule has 15 heavy (non-hydrogen) atoms. The standard InChI is InChI=1S/C12H28N2O.2H2/c1-11(2)13-7-5-9-15-10-6-8-14-12(3)4;;/h11-14H,5-10H2,1-4H3;2*1H. The van der Waals surface area contributed by atoms with Crippen LogP contribution >= 0.6 is 0 Å². The predicted octanol–water partition coefficient (Wildman–Crippen LogP) is 2.27. The first-order valence-corrected chi connectivity index (χ1v) is 6.17. The second kappa shape index (κ2) is 10.4. The summed E-state index contributed by atoms with van der Waals surface area (Å²) in [5.41, 5.74) is 0. The molecule has 0 aliphatic carbocycles. The molecule has 0 atom stereocenters. The van der Waals surface area contributed by atoms with Crippen molar-refractivity contribution in [3.05, 3.63) is 0 Å². The first kappa shape index (κ1) is 14.9. The van der Waals surface area contributed by atoms with Crippen molar-refractivity contribution in [1.82, 2.24) is 10.6 Å². The van der Waals surface area contributed by atoms with Gasteiger partial charge in [-0.1, -0.05) is 27.7 Å². The number of rotatable bonds is 10. The van der Waals surface area contributed by atoms with Crippen molar-refractivity contribution in [1.29, 1.82) is 0 Å². The molecule has 0 aliphatic heterocycles. The van der Waals surface area contributed by atoms with Gasteiger partial charge in [0.2, 0.25) is 0 Å². The Morgan fingerprint density at radius 1 is 0.867 bits per heavy atom. The maximum absolute atomic E-state index is 5.52. The Labute approximate surface area is 97.9 Å². The van der Waals surface area contributed by atoms with E-state index < -0.39 is 0 Å². The van der Waals surface area contributed by atoms with Gasteiger partial charge >= 0.3 is 0 Å². The quantitative estimate of drug-likeness (QED) is 0.554. The van der Waals surface area contributed by atoms with Gasteiger partial charge in [-0.05, 0) is 25.9 Å². The van der Waals surface area contributed by atoms with E-state index in [0.717, 1.165) is 39.1 Å². The maximum Gasteiger partial charge on any atom is 0.0478 e. The highest BCUT2D eigenvalue weighted by molar-refractivity contribution is 4.53. The number of hydrogen-bond acceptors (Lipinski definition) is 3. The van der Waals surface area contributed by atoms with Gasteiger partial charge in [-0.3, -0.25) is 0 Å². The Kier molecular flexibility index (Phi) is 10.3. The van der Waals surface area contributed by atoms with Crippen LogP contribution in [0.4, 0.5) is 0 Å². The Bertz CT molecular complexity index is 122. The van der Waals surface area contributed by atoms with Gasteiger partial charge in [0.05, 0.1) is 0 Å². The molecule has 2 N–H and O–H groups in total. The van der Waals surface area contributed by atoms with E-state index in [0.29, 0.717) is 12.1 Å². The first-order valence-electron chi connectivity index (χ1n) is 6.17. The highest BCUT2D eigenvalue weighted by Gasteiger charge is 1.94. The van der Waals surface area contributed by atoms with Crippen LogP contribution in [0.2, 0.25) is 0 Å². The molecule has 0 fully saturated rings. The molecule has 0 unspecified atom stereocenters. The summed E-state index contributed by atoms with van der Waals surface area (Å²) >= 11 is 0. The summed E-state index contributed by atoms with van der Waals surface area (Å²) in [5.74, 6) is 0. The second-order valence-electron chi connectivity index (χ2n) is 4.54. The molecule has 0 radical (unpaired) electrons. The molecule has 0 spiro atoms. The van der Waals surface area contributed by atoms with Gasteiger partial charge in [0.1, 0.15) is 0 Å². The minimum absolute atomic E-state index is 0. The van der Waals surface area contributed by atoms with E-state index in [9.17, 15) is 0 Å². The summed E-state index contributed by atoms with van der Waals surface area (Å²) in [6.07, 6.45) is 2.21. The molecule has 0 aliphatic rings. The number of hydrogen-bond donors (Lipinski definition) is 2. The average Bonchev–Trinajstić information content (AvgIpc) is 2.14. The highest BCUT2D eigenvalue weighted by Crippen LogP contribution is 1.87. The fraction of sp³-hybridized carbons (Fsp3) is 1.00. The maximum atomic E-state index is 5.52. The van der Waals surface area contributed by atoms with Crippen LogP contribution in [-0.4, -0.2) is 38.4 Å². The Morgan fingerprint density at radius 3 is 1.60 bits per heavy atom. The third-order valence-corrected chi connectivity index (χ3v) is 2.04. The van der Waals surface area contributed by atoms with Crippen molar-refractivity contribution in [3.63, 3.8) is 0 Å². The Morgan fingerprint density at radius 2 is 1.27 bits per heavy atom. The summed E-state index contributed by atoms with van der Waals surface area (Å²) in [7, 11) is 0. The molecule has 96 valence electrons. The van der Waals surface area contributed by atoms with Crippen LogP contribution in [0.15, 0.2) is 0 Å². The zero-order valence-electron chi connectivity index (χ0n) is 10.8. The minimum Gasteiger partial charge on any atom is -0.381 e. The summed E-state index contributed by atoms with van der Waals surface area (Å²) in [6.45, 7) is 12.5. The molecular formula is C12H32N2O. The number of nitrogens with one attached hydrogen (secondary N) is 2. The van der Waals surface area contributed by atoms with E-state index in [-0.39, 0.29) is 2.85 Å². The van der Waals surface area contributed by atoms with E-state index in [4.69, 9.17) is 4.74 Å². The zero-order valence-corrected chi connectivity index (χ0v) is 10.8. The van der Waals surface area contributed by atoms with Crippen molar-refractivity contribution in [3.8, 4) is 0 Å². The van der Waals surface area contributed by atoms with Crippen molar-refractivity contribution < 1.29 is 7.59 Å². The molecule has 0 amide bonds. The molecule has 0 bridgehead atoms. The van der Waals surface area contributed by atoms with Crippen LogP contribution in [0.3, 0.4) is 0 Å². The smallest absolute Gasteiger partial charge is 0.0478 e. The monoisotopic (exact) mass is 220 g/mol. The molecule has 3 nitrogen and oxygen atoms in total. The lowest BCUT2D eigenvalue weighted by molar-refractivity contribution is 0.128. The molecule has 3 heteroatoms. The van der Waals surface area contributed by atoms with E-state index >= 15 is 0 Å². The van der Waals surface area contributed by atoms with Crippen LogP contribution in [0.1, 0.15) is 43.4 Å². The lowest BCUT2D eigenvalue weighted by Crippen LogP contribution is -2.25. The highest BCUT2D eigenvalue weighted by atomic mass is 16.5. The summed E-state index contributed by atoms with van der Waals surface area (Å²) < 4.78 is 5.52. The fourth-order valence-corrected chi connectivity index (χ4v) is 1.23. The van der Waals surface area contributed by atoms with E-state index in [1.165, 1.54) is 0 Å². The SMILES string of the molecule is CC(C)NCCCOCCCNC(C)C.[HH].[HH]. The Balaban J connectivity index is -0.000000980. The van der Waals surface area contributed by atoms with Gasteiger partial charge in [0, 0.05) is 28.2 Å². The van der Waals surface area contributed by atoms with Crippen LogP contribution in [0, 0.1) is 0 Å². The van der Waals surface area contributed by atoms with Crippen LogP contribution in [0.25, 0.3) is 0 Å². The van der Waals surface area contributed by atoms with Crippen molar-refractivity contribution in [2.75, 3.05) is 26.3 Å². The second-order valence-corrected chi connectivity index (χ2v) is 4.54. The van der Waals surface area contributed by atoms with E-state index in [1.54, 1.807) is 0 Å². The van der Waals surface area contributed by atoms with Crippen LogP contribution in [0.5, 0.6) is 0 Å². The van der Waals surface area contributed by atoms with Crippen LogP contribution < -0.4 is 10.6 Å². The van der Waals surface area contributed by atoms with Crippen molar-refractivity contribution in [2.45, 2.75) is 52.6 Å². The normalized spacial score (nSPS) is 11.6. The molecule has 0 saturated carbocycles. The topological polar surface area (TPSA) is 33.3 Å². The lowest BCUT2D eigenvalue weighted by Gasteiger charge is -2.09. The molecule has 0 aromatic rings. The third kappa shape index (κ3) is 13.9. The van der Waals surface area contributed by atoms with Gasteiger partial charge in [0.25, 0.3) is 0 Å². The predicted molar refractivity (Wildman–Crippen MR) is 70.6 cm³/mol. The molecule has 0 heterocycles. The lowest BCUT2D eigenvalue weighted by atomic mass is 10.3. The minimum atomic E-state index is 0. The van der Waals surface area contributed by atoms with Crippen LogP contribution in [-0.2, 0) is 4.74 Å². The number of ether oxygens (including phenoxy) is 1. The molecular weight excluding hydrogens is 188 g/mol. The molecule has 0 aromatic carbocycles. The Hall–Kier alpha value is -0.120. The average molecular weight is 220 g/mol. The summed E-state index contributed by atoms with van der Waals surface area (Å²) in [4.78, 5) is 0. The van der Waals surface area contributed by atoms with Gasteiger partial charge in [-0.25, -0.2) is 0 Å². The van der Waals surface area contributed by atoms with Gasteiger partial charge in [0.15, 0.2) is 0 Å². The van der Waals surface area contributed by atoms with Gasteiger partial charge < -0.3 is 15.4 Å². The van der Waals surface area contributed by atoms with Crippen molar-refractivity contribution >= 4 is 0 Å². The van der Waals surface area contributed by atoms with E-state index in [2.05, 4.69) is 38.3 Å². The zero-order chi connectivity index (χ0) is 11.5. The van der Waals surface area contributed by atoms with E-state index in [1.807, 2.05) is 0 Å². The molecule has 0 saturated heterocycles. The van der Waals surface area contributed by atoms with Gasteiger partial charge in [-0.15, -0.1) is 0 Å². The fourth-order valence-electron chi connectivity index (χ4n) is 1.23. The molecule has 0 rings (SSSR count). The largest absolute Gasteiger partial charge is 0.381 e. The molecule has 0 aromatic heterocycles. The summed E-state index contributed by atoms with van der Waals surface area (Å²) in [5, 5.41) is 6.74. The van der Waals surface area contributed by atoms with Gasteiger partial charge in [-0.2, -0.15) is 0 Å². The summed E-state index contributed by atoms with van der Waals surface area (Å²) in [6, 6.07) is 1.17. The first-order chi connectivity index (χ1) is 7.13. The van der Waals surface area contributed by atoms with Crippen molar-refractivity contribution in [2.24, 2.45) is 0 Å².